The maximum atomic E-state index is 12.9. The Morgan fingerprint density at radius 2 is 1.78 bits per heavy atom. The van der Waals surface area contributed by atoms with Crippen LogP contribution in [0.4, 0.5) is 24.5 Å². The lowest BCUT2D eigenvalue weighted by molar-refractivity contribution is -0.384. The van der Waals surface area contributed by atoms with Gasteiger partial charge in [0.1, 0.15) is 17.5 Å². The second-order valence-electron chi connectivity index (χ2n) is 7.17. The van der Waals surface area contributed by atoms with E-state index in [2.05, 4.69) is 10.4 Å². The van der Waals surface area contributed by atoms with E-state index in [9.17, 15) is 28.1 Å². The van der Waals surface area contributed by atoms with Crippen molar-refractivity contribution in [1.29, 1.82) is 0 Å². The van der Waals surface area contributed by atoms with Crippen molar-refractivity contribution in [1.82, 2.24) is 9.78 Å². The van der Waals surface area contributed by atoms with Crippen LogP contribution in [-0.2, 0) is 11.0 Å². The molecule has 8 nitrogen and oxygen atoms in total. The summed E-state index contributed by atoms with van der Waals surface area (Å²) in [6.45, 7) is 4.66. The molecule has 3 aromatic rings. The number of nitrogens with one attached hydrogen (secondary N) is 1. The number of hydrogen-bond acceptors (Lipinski definition) is 5. The highest BCUT2D eigenvalue weighted by atomic mass is 19.4. The zero-order valence-electron chi connectivity index (χ0n) is 17.3. The van der Waals surface area contributed by atoms with Crippen LogP contribution in [0.15, 0.2) is 48.5 Å². The Morgan fingerprint density at radius 1 is 1.12 bits per heavy atom. The highest BCUT2D eigenvalue weighted by Crippen LogP contribution is 2.31. The number of halogens is 3. The van der Waals surface area contributed by atoms with Crippen LogP contribution < -0.4 is 10.1 Å². The predicted octanol–water partition coefficient (Wildman–Crippen LogP) is 5.42. The lowest BCUT2D eigenvalue weighted by Crippen LogP contribution is -2.25. The number of alkyl halides is 3. The lowest BCUT2D eigenvalue weighted by atomic mass is 10.2. The second kappa shape index (κ2) is 8.69. The van der Waals surface area contributed by atoms with Crippen LogP contribution in [0.25, 0.3) is 0 Å². The molecule has 0 saturated carbocycles. The van der Waals surface area contributed by atoms with Crippen LogP contribution in [0.5, 0.6) is 11.5 Å². The smallest absolute Gasteiger partial charge is 0.435 e. The van der Waals surface area contributed by atoms with Gasteiger partial charge in [0, 0.05) is 17.8 Å². The highest BCUT2D eigenvalue weighted by molar-refractivity contribution is 5.94. The van der Waals surface area contributed by atoms with Gasteiger partial charge in [-0.1, -0.05) is 17.7 Å². The molecule has 0 fully saturated rings. The molecule has 1 heterocycles. The molecule has 1 N–H and O–H groups in total. The van der Waals surface area contributed by atoms with Crippen LogP contribution >= 0.6 is 0 Å². The number of anilines is 1. The quantitative estimate of drug-likeness (QED) is 0.401. The van der Waals surface area contributed by atoms with Gasteiger partial charge in [-0.05, 0) is 39.0 Å². The first-order chi connectivity index (χ1) is 14.9. The number of aryl methyl sites for hydroxylation is 2. The van der Waals surface area contributed by atoms with Crippen molar-refractivity contribution in [2.45, 2.75) is 33.0 Å². The van der Waals surface area contributed by atoms with E-state index in [0.717, 1.165) is 22.4 Å². The van der Waals surface area contributed by atoms with Crippen molar-refractivity contribution in [2.75, 3.05) is 5.32 Å². The summed E-state index contributed by atoms with van der Waals surface area (Å²) in [6.07, 6.45) is -4.64. The van der Waals surface area contributed by atoms with Crippen molar-refractivity contribution < 1.29 is 27.6 Å². The van der Waals surface area contributed by atoms with Crippen molar-refractivity contribution in [3.8, 4) is 11.5 Å². The molecule has 1 unspecified atom stereocenters. The summed E-state index contributed by atoms with van der Waals surface area (Å²) in [5.74, 6) is -0.152. The van der Waals surface area contributed by atoms with E-state index in [1.807, 2.05) is 6.92 Å². The Balaban J connectivity index is 1.84. The minimum absolute atomic E-state index is 0.0546. The molecule has 1 amide bonds. The Morgan fingerprint density at radius 3 is 2.34 bits per heavy atom. The van der Waals surface area contributed by atoms with Crippen LogP contribution in [0.2, 0.25) is 0 Å². The minimum atomic E-state index is -4.64. The van der Waals surface area contributed by atoms with Gasteiger partial charge < -0.3 is 10.1 Å². The number of non-ortho nitro benzene ring substituents is 1. The summed E-state index contributed by atoms with van der Waals surface area (Å²) in [5.41, 5.74) is -0.242. The minimum Gasteiger partial charge on any atom is -0.457 e. The third kappa shape index (κ3) is 5.23. The molecule has 0 radical (unpaired) electrons. The number of carbonyl (C=O) groups is 1. The number of aromatic nitrogens is 2. The van der Waals surface area contributed by atoms with E-state index in [4.69, 9.17) is 4.74 Å². The Bertz CT molecular complexity index is 1160. The van der Waals surface area contributed by atoms with Crippen LogP contribution in [0.1, 0.15) is 29.9 Å². The normalized spacial score (nSPS) is 12.3. The average Bonchev–Trinajstić information content (AvgIpc) is 3.11. The Kier molecular flexibility index (Phi) is 6.19. The van der Waals surface area contributed by atoms with Crippen molar-refractivity contribution in [2.24, 2.45) is 0 Å². The number of nitrogens with zero attached hydrogens (tertiary/aromatic N) is 3. The molecule has 0 saturated heterocycles. The number of hydrogen-bond donors (Lipinski definition) is 1. The molecule has 1 aromatic heterocycles. The fourth-order valence-electron chi connectivity index (χ4n) is 2.94. The van der Waals surface area contributed by atoms with Gasteiger partial charge in [0.05, 0.1) is 16.7 Å². The van der Waals surface area contributed by atoms with E-state index in [1.165, 1.54) is 26.0 Å². The van der Waals surface area contributed by atoms with E-state index in [1.54, 1.807) is 24.3 Å². The maximum Gasteiger partial charge on any atom is 0.435 e. The molecule has 32 heavy (non-hydrogen) atoms. The van der Waals surface area contributed by atoms with Gasteiger partial charge in [0.2, 0.25) is 5.91 Å². The van der Waals surface area contributed by atoms with Crippen LogP contribution in [-0.4, -0.2) is 20.6 Å². The maximum absolute atomic E-state index is 12.9. The van der Waals surface area contributed by atoms with Crippen molar-refractivity contribution >= 4 is 17.3 Å². The molecule has 3 rings (SSSR count). The summed E-state index contributed by atoms with van der Waals surface area (Å²) in [5, 5.41) is 17.2. The molecule has 2 aromatic carbocycles. The molecule has 0 spiro atoms. The monoisotopic (exact) mass is 448 g/mol. The molecule has 0 bridgehead atoms. The molecule has 11 heteroatoms. The Labute approximate surface area is 180 Å². The number of rotatable bonds is 6. The summed E-state index contributed by atoms with van der Waals surface area (Å²) < 4.78 is 45.3. The molecule has 0 aliphatic heterocycles. The number of benzene rings is 2. The number of carbonyl (C=O) groups excluding carboxylic acids is 1. The zero-order chi connectivity index (χ0) is 23.6. The fraction of sp³-hybridized carbons (Fsp3) is 0.238. The van der Waals surface area contributed by atoms with Crippen molar-refractivity contribution in [3.05, 3.63) is 75.6 Å². The van der Waals surface area contributed by atoms with Crippen LogP contribution in [0.3, 0.4) is 0 Å². The first-order valence-corrected chi connectivity index (χ1v) is 9.42. The van der Waals surface area contributed by atoms with Gasteiger partial charge >= 0.3 is 6.18 Å². The predicted molar refractivity (Wildman–Crippen MR) is 110 cm³/mol. The fourth-order valence-corrected chi connectivity index (χ4v) is 2.94. The van der Waals surface area contributed by atoms with Gasteiger partial charge in [-0.15, -0.1) is 0 Å². The lowest BCUT2D eigenvalue weighted by Gasteiger charge is -2.15. The number of ether oxygens (including phenoxy) is 1. The highest BCUT2D eigenvalue weighted by Gasteiger charge is 2.35. The van der Waals surface area contributed by atoms with Gasteiger partial charge in [0.25, 0.3) is 5.69 Å². The van der Waals surface area contributed by atoms with E-state index in [-0.39, 0.29) is 22.8 Å². The second-order valence-corrected chi connectivity index (χ2v) is 7.17. The SMILES string of the molecule is Cc1ccc(Oc2cc(NC(=O)C(C)n3nc(C(F)(F)F)cc3C)cc([N+](=O)[O-])c2)cc1. The topological polar surface area (TPSA) is 99.3 Å². The number of amides is 1. The van der Waals surface area contributed by atoms with Crippen LogP contribution in [0, 0.1) is 24.0 Å². The number of nitro benzene ring substituents is 1. The summed E-state index contributed by atoms with van der Waals surface area (Å²) in [6, 6.07) is 10.4. The molecule has 0 aliphatic carbocycles. The molecule has 168 valence electrons. The number of nitro groups is 1. The molecule has 0 aliphatic rings. The van der Waals surface area contributed by atoms with E-state index >= 15 is 0 Å². The third-order valence-corrected chi connectivity index (χ3v) is 4.59. The Hall–Kier alpha value is -3.89. The van der Waals surface area contributed by atoms with Gasteiger partial charge in [-0.3, -0.25) is 19.6 Å². The van der Waals surface area contributed by atoms with Gasteiger partial charge in [-0.25, -0.2) is 0 Å². The van der Waals surface area contributed by atoms with E-state index < -0.39 is 28.7 Å². The average molecular weight is 448 g/mol. The van der Waals surface area contributed by atoms with Gasteiger partial charge in [0.15, 0.2) is 5.69 Å². The first kappa shape index (κ1) is 22.8. The summed E-state index contributed by atoms with van der Waals surface area (Å²) in [4.78, 5) is 23.3. The standard InChI is InChI=1S/C21H19F3N4O4/c1-12-4-6-17(7-5-12)32-18-10-15(9-16(11-18)28(30)31)25-20(29)14(3)27-13(2)8-19(26-27)21(22,23)24/h4-11,14H,1-3H3,(H,25,29). The molecular weight excluding hydrogens is 429 g/mol. The summed E-state index contributed by atoms with van der Waals surface area (Å²) >= 11 is 0. The summed E-state index contributed by atoms with van der Waals surface area (Å²) in [7, 11) is 0. The largest absolute Gasteiger partial charge is 0.457 e. The third-order valence-electron chi connectivity index (χ3n) is 4.59. The zero-order valence-corrected chi connectivity index (χ0v) is 17.3. The van der Waals surface area contributed by atoms with Gasteiger partial charge in [-0.2, -0.15) is 18.3 Å². The molecule has 1 atom stereocenters. The molecular formula is C21H19F3N4O4. The van der Waals surface area contributed by atoms with E-state index in [0.29, 0.717) is 5.75 Å². The van der Waals surface area contributed by atoms with Crippen molar-refractivity contribution in [3.63, 3.8) is 0 Å². The first-order valence-electron chi connectivity index (χ1n) is 9.42.